The Labute approximate surface area is 127 Å². The van der Waals surface area contributed by atoms with Gasteiger partial charge in [-0.05, 0) is 27.7 Å². The molecule has 0 aromatic heterocycles. The number of rotatable bonds is 3. The molecule has 2 aliphatic rings. The highest BCUT2D eigenvalue weighted by atomic mass is 16.5. The molecule has 2 heterocycles. The second-order valence-electron chi connectivity index (χ2n) is 6.91. The van der Waals surface area contributed by atoms with Crippen molar-refractivity contribution in [3.8, 4) is 0 Å². The molecule has 2 fully saturated rings. The molecular formula is C15H28N2O4. The Balaban J connectivity index is 1.92. The van der Waals surface area contributed by atoms with Gasteiger partial charge < -0.3 is 19.5 Å². The van der Waals surface area contributed by atoms with Crippen LogP contribution in [0.15, 0.2) is 0 Å². The minimum atomic E-state index is -0.336. The number of hydrogen-bond donors (Lipinski definition) is 1. The Morgan fingerprint density at radius 2 is 1.86 bits per heavy atom. The number of aliphatic hydroxyl groups is 1. The fraction of sp³-hybridized carbons (Fsp3) is 0.933. The standard InChI is InChI=1S/C15H28N2O4/c1-11-5-17(6-12(2)20-11)14(19)8-16-7-13(9-18)21-15(3,4)10-16/h11-13,18H,5-10H2,1-4H3. The molecule has 0 saturated carbocycles. The summed E-state index contributed by atoms with van der Waals surface area (Å²) in [6.07, 6.45) is -0.0443. The SMILES string of the molecule is CC1CN(C(=O)CN2CC(CO)OC(C)(C)C2)CC(C)O1. The molecule has 2 aliphatic heterocycles. The molecule has 1 N–H and O–H groups in total. The van der Waals surface area contributed by atoms with E-state index in [1.54, 1.807) is 0 Å². The van der Waals surface area contributed by atoms with Crippen LogP contribution in [-0.2, 0) is 14.3 Å². The van der Waals surface area contributed by atoms with E-state index in [9.17, 15) is 9.90 Å². The van der Waals surface area contributed by atoms with Crippen LogP contribution in [0, 0.1) is 0 Å². The monoisotopic (exact) mass is 300 g/mol. The highest BCUT2D eigenvalue weighted by molar-refractivity contribution is 5.78. The highest BCUT2D eigenvalue weighted by Crippen LogP contribution is 2.21. The predicted molar refractivity (Wildman–Crippen MR) is 79.1 cm³/mol. The Morgan fingerprint density at radius 3 is 2.43 bits per heavy atom. The average Bonchev–Trinajstić information content (AvgIpc) is 2.35. The summed E-state index contributed by atoms with van der Waals surface area (Å²) in [5.41, 5.74) is -0.336. The fourth-order valence-corrected chi connectivity index (χ4v) is 3.31. The maximum Gasteiger partial charge on any atom is 0.236 e. The van der Waals surface area contributed by atoms with E-state index in [4.69, 9.17) is 9.47 Å². The van der Waals surface area contributed by atoms with Gasteiger partial charge in [0, 0.05) is 26.2 Å². The van der Waals surface area contributed by atoms with Crippen LogP contribution in [0.2, 0.25) is 0 Å². The van der Waals surface area contributed by atoms with Crippen LogP contribution in [0.4, 0.5) is 0 Å². The molecule has 0 aromatic carbocycles. The van der Waals surface area contributed by atoms with E-state index in [1.165, 1.54) is 0 Å². The lowest BCUT2D eigenvalue weighted by Gasteiger charge is -2.43. The van der Waals surface area contributed by atoms with Gasteiger partial charge in [-0.25, -0.2) is 0 Å². The number of carbonyl (C=O) groups is 1. The third kappa shape index (κ3) is 4.64. The zero-order valence-electron chi connectivity index (χ0n) is 13.5. The third-order valence-corrected chi connectivity index (χ3v) is 3.89. The van der Waals surface area contributed by atoms with Gasteiger partial charge in [-0.2, -0.15) is 0 Å². The van der Waals surface area contributed by atoms with Gasteiger partial charge in [-0.15, -0.1) is 0 Å². The summed E-state index contributed by atoms with van der Waals surface area (Å²) in [6.45, 7) is 10.9. The van der Waals surface area contributed by atoms with Crippen molar-refractivity contribution in [1.82, 2.24) is 9.80 Å². The minimum absolute atomic E-state index is 0.0141. The Hall–Kier alpha value is -0.690. The summed E-state index contributed by atoms with van der Waals surface area (Å²) in [5, 5.41) is 9.33. The van der Waals surface area contributed by atoms with Crippen LogP contribution in [0.1, 0.15) is 27.7 Å². The van der Waals surface area contributed by atoms with Crippen LogP contribution in [0.25, 0.3) is 0 Å². The number of carbonyl (C=O) groups excluding carboxylic acids is 1. The minimum Gasteiger partial charge on any atom is -0.394 e. The molecule has 3 atom stereocenters. The van der Waals surface area contributed by atoms with Crippen molar-refractivity contribution in [1.29, 1.82) is 0 Å². The zero-order chi connectivity index (χ0) is 15.6. The van der Waals surface area contributed by atoms with Crippen LogP contribution in [0.5, 0.6) is 0 Å². The van der Waals surface area contributed by atoms with Gasteiger partial charge >= 0.3 is 0 Å². The van der Waals surface area contributed by atoms with Gasteiger partial charge in [0.15, 0.2) is 0 Å². The summed E-state index contributed by atoms with van der Waals surface area (Å²) < 4.78 is 11.4. The molecule has 0 aliphatic carbocycles. The first-order chi connectivity index (χ1) is 9.79. The normalized spacial score (nSPS) is 34.0. The van der Waals surface area contributed by atoms with E-state index < -0.39 is 0 Å². The van der Waals surface area contributed by atoms with Gasteiger partial charge in [0.05, 0.1) is 37.1 Å². The summed E-state index contributed by atoms with van der Waals surface area (Å²) in [6, 6.07) is 0. The van der Waals surface area contributed by atoms with Crippen molar-refractivity contribution in [2.24, 2.45) is 0 Å². The number of morpholine rings is 2. The summed E-state index contributed by atoms with van der Waals surface area (Å²) in [5.74, 6) is 0.131. The van der Waals surface area contributed by atoms with E-state index in [0.29, 0.717) is 32.7 Å². The van der Waals surface area contributed by atoms with Crippen molar-refractivity contribution < 1.29 is 19.4 Å². The molecule has 122 valence electrons. The van der Waals surface area contributed by atoms with Gasteiger partial charge in [0.2, 0.25) is 5.91 Å². The maximum atomic E-state index is 12.5. The average molecular weight is 300 g/mol. The van der Waals surface area contributed by atoms with Crippen molar-refractivity contribution in [3.63, 3.8) is 0 Å². The molecule has 21 heavy (non-hydrogen) atoms. The maximum absolute atomic E-state index is 12.5. The lowest BCUT2D eigenvalue weighted by atomic mass is 10.1. The van der Waals surface area contributed by atoms with Crippen LogP contribution >= 0.6 is 0 Å². The first-order valence-electron chi connectivity index (χ1n) is 7.73. The molecule has 1 amide bonds. The Bertz CT molecular complexity index is 365. The summed E-state index contributed by atoms with van der Waals surface area (Å²) in [4.78, 5) is 16.5. The van der Waals surface area contributed by atoms with Crippen molar-refractivity contribution >= 4 is 5.91 Å². The van der Waals surface area contributed by atoms with E-state index in [2.05, 4.69) is 4.90 Å². The first-order valence-corrected chi connectivity index (χ1v) is 7.73. The van der Waals surface area contributed by atoms with E-state index in [-0.39, 0.29) is 36.4 Å². The fourth-order valence-electron chi connectivity index (χ4n) is 3.31. The lowest BCUT2D eigenvalue weighted by molar-refractivity contribution is -0.161. The molecule has 2 rings (SSSR count). The van der Waals surface area contributed by atoms with Gasteiger partial charge in [0.25, 0.3) is 0 Å². The number of nitrogens with zero attached hydrogens (tertiary/aromatic N) is 2. The summed E-state index contributed by atoms with van der Waals surface area (Å²) in [7, 11) is 0. The number of hydrogen-bond acceptors (Lipinski definition) is 5. The molecule has 0 radical (unpaired) electrons. The Kier molecular flexibility index (Phi) is 5.24. The molecular weight excluding hydrogens is 272 g/mol. The third-order valence-electron chi connectivity index (χ3n) is 3.89. The van der Waals surface area contributed by atoms with Gasteiger partial charge in [-0.1, -0.05) is 0 Å². The van der Waals surface area contributed by atoms with E-state index in [0.717, 1.165) is 0 Å². The molecule has 3 unspecified atom stereocenters. The van der Waals surface area contributed by atoms with Crippen LogP contribution < -0.4 is 0 Å². The smallest absolute Gasteiger partial charge is 0.236 e. The quantitative estimate of drug-likeness (QED) is 0.800. The van der Waals surface area contributed by atoms with E-state index >= 15 is 0 Å². The molecule has 0 bridgehead atoms. The Morgan fingerprint density at radius 1 is 1.24 bits per heavy atom. The molecule has 0 spiro atoms. The number of amides is 1. The van der Waals surface area contributed by atoms with Crippen molar-refractivity contribution in [2.45, 2.75) is 51.6 Å². The van der Waals surface area contributed by atoms with Gasteiger partial charge in [0.1, 0.15) is 0 Å². The van der Waals surface area contributed by atoms with Crippen LogP contribution in [-0.4, -0.2) is 84.1 Å². The molecule has 0 aromatic rings. The first kappa shape index (κ1) is 16.7. The predicted octanol–water partition coefficient (Wildman–Crippen LogP) is 0.0939. The van der Waals surface area contributed by atoms with Crippen molar-refractivity contribution in [3.05, 3.63) is 0 Å². The molecule has 6 nitrogen and oxygen atoms in total. The summed E-state index contributed by atoms with van der Waals surface area (Å²) >= 11 is 0. The topological polar surface area (TPSA) is 62.2 Å². The molecule has 2 saturated heterocycles. The molecule has 6 heteroatoms. The largest absolute Gasteiger partial charge is 0.394 e. The number of aliphatic hydroxyl groups excluding tert-OH is 1. The van der Waals surface area contributed by atoms with Crippen molar-refractivity contribution in [2.75, 3.05) is 39.3 Å². The number of ether oxygens (including phenoxy) is 2. The highest BCUT2D eigenvalue weighted by Gasteiger charge is 2.35. The van der Waals surface area contributed by atoms with E-state index in [1.807, 2.05) is 32.6 Å². The van der Waals surface area contributed by atoms with Crippen LogP contribution in [0.3, 0.4) is 0 Å². The zero-order valence-corrected chi connectivity index (χ0v) is 13.5. The second-order valence-corrected chi connectivity index (χ2v) is 6.91. The lowest BCUT2D eigenvalue weighted by Crippen LogP contribution is -2.57. The second kappa shape index (κ2) is 6.60. The van der Waals surface area contributed by atoms with Gasteiger partial charge in [-0.3, -0.25) is 9.69 Å².